The van der Waals surface area contributed by atoms with Gasteiger partial charge < -0.3 is 9.53 Å². The van der Waals surface area contributed by atoms with Crippen LogP contribution in [0, 0.1) is 11.8 Å². The summed E-state index contributed by atoms with van der Waals surface area (Å²) in [5.41, 5.74) is 3.10. The van der Waals surface area contributed by atoms with Gasteiger partial charge in [0.15, 0.2) is 0 Å². The summed E-state index contributed by atoms with van der Waals surface area (Å²) in [6, 6.07) is 15.9. The van der Waals surface area contributed by atoms with Crippen LogP contribution >= 0.6 is 0 Å². The lowest BCUT2D eigenvalue weighted by Gasteiger charge is -2.09. The molecule has 1 atom stereocenters. The van der Waals surface area contributed by atoms with Crippen LogP contribution in [-0.4, -0.2) is 11.9 Å². The minimum atomic E-state index is 0.172. The maximum absolute atomic E-state index is 11.2. The molecule has 2 rings (SSSR count). The number of hydrogen-bond acceptors (Lipinski definition) is 2. The monoisotopic (exact) mass is 320 g/mol. The maximum atomic E-state index is 11.2. The third-order valence-corrected chi connectivity index (χ3v) is 3.65. The van der Waals surface area contributed by atoms with Crippen molar-refractivity contribution in [2.45, 2.75) is 46.1 Å². The second kappa shape index (κ2) is 8.36. The second-order valence-electron chi connectivity index (χ2n) is 6.37. The molecule has 0 saturated carbocycles. The highest BCUT2D eigenvalue weighted by Crippen LogP contribution is 2.19. The van der Waals surface area contributed by atoms with Gasteiger partial charge in [0, 0.05) is 17.5 Å². The molecule has 0 bridgehead atoms. The molecule has 0 aliphatic heterocycles. The van der Waals surface area contributed by atoms with Crippen LogP contribution < -0.4 is 4.74 Å². The fourth-order valence-electron chi connectivity index (χ4n) is 2.48. The van der Waals surface area contributed by atoms with Gasteiger partial charge in [-0.2, -0.15) is 0 Å². The lowest BCUT2D eigenvalue weighted by molar-refractivity contribution is -0.117. The lowest BCUT2D eigenvalue weighted by Crippen LogP contribution is -2.05. The molecule has 0 amide bonds. The summed E-state index contributed by atoms with van der Waals surface area (Å²) in [4.78, 5) is 11.2. The average Bonchev–Trinajstić information content (AvgIpc) is 2.53. The molecule has 2 nitrogen and oxygen atoms in total. The van der Waals surface area contributed by atoms with Crippen LogP contribution in [0.4, 0.5) is 0 Å². The Bertz CT molecular complexity index is 728. The van der Waals surface area contributed by atoms with Crippen LogP contribution in [0.2, 0.25) is 0 Å². The number of Topliss-reactive ketones (excluding diaryl/α,β-unsaturated/α-hetero) is 1. The zero-order valence-corrected chi connectivity index (χ0v) is 14.8. The van der Waals surface area contributed by atoms with Crippen molar-refractivity contribution in [1.82, 2.24) is 0 Å². The van der Waals surface area contributed by atoms with E-state index in [2.05, 4.69) is 30.9 Å². The van der Waals surface area contributed by atoms with E-state index in [1.165, 1.54) is 5.56 Å². The van der Waals surface area contributed by atoms with E-state index < -0.39 is 0 Å². The molecule has 0 saturated heterocycles. The first kappa shape index (κ1) is 17.8. The quantitative estimate of drug-likeness (QED) is 0.728. The molecule has 0 spiro atoms. The molecule has 1 unspecified atom stereocenters. The zero-order valence-electron chi connectivity index (χ0n) is 14.8. The Morgan fingerprint density at radius 3 is 1.88 bits per heavy atom. The van der Waals surface area contributed by atoms with Crippen LogP contribution in [-0.2, 0) is 4.79 Å². The van der Waals surface area contributed by atoms with Gasteiger partial charge in [-0.05, 0) is 68.7 Å². The molecule has 0 aliphatic rings. The summed E-state index contributed by atoms with van der Waals surface area (Å²) < 4.78 is 5.62. The van der Waals surface area contributed by atoms with Gasteiger partial charge in [0.25, 0.3) is 0 Å². The molecule has 24 heavy (non-hydrogen) atoms. The van der Waals surface area contributed by atoms with E-state index in [4.69, 9.17) is 4.74 Å². The van der Waals surface area contributed by atoms with E-state index in [0.717, 1.165) is 16.9 Å². The third kappa shape index (κ3) is 5.59. The fraction of sp³-hybridized carbons (Fsp3) is 0.318. The van der Waals surface area contributed by atoms with Crippen LogP contribution in [0.25, 0.3) is 0 Å². The first-order chi connectivity index (χ1) is 11.4. The number of carbonyl (C=O) groups excluding carboxylic acids is 1. The molecule has 0 heterocycles. The van der Waals surface area contributed by atoms with Crippen LogP contribution in [0.15, 0.2) is 48.5 Å². The van der Waals surface area contributed by atoms with Crippen molar-refractivity contribution in [1.29, 1.82) is 0 Å². The van der Waals surface area contributed by atoms with Gasteiger partial charge in [0.1, 0.15) is 11.5 Å². The molecule has 0 aromatic heterocycles. The molecular weight excluding hydrogens is 296 g/mol. The third-order valence-electron chi connectivity index (χ3n) is 3.65. The Balaban J connectivity index is 2.04. The van der Waals surface area contributed by atoms with E-state index in [-0.39, 0.29) is 17.8 Å². The molecule has 124 valence electrons. The summed E-state index contributed by atoms with van der Waals surface area (Å²) in [5.74, 6) is 7.66. The highest BCUT2D eigenvalue weighted by Gasteiger charge is 2.07. The number of ketones is 1. The van der Waals surface area contributed by atoms with Crippen molar-refractivity contribution >= 4 is 5.78 Å². The van der Waals surface area contributed by atoms with E-state index in [1.54, 1.807) is 6.92 Å². The number of rotatable bonds is 5. The average molecular weight is 320 g/mol. The maximum Gasteiger partial charge on any atom is 0.130 e. The highest BCUT2D eigenvalue weighted by atomic mass is 16.5. The minimum absolute atomic E-state index is 0.172. The van der Waals surface area contributed by atoms with Crippen molar-refractivity contribution in [2.75, 3.05) is 0 Å². The Kier molecular flexibility index (Phi) is 6.21. The largest absolute Gasteiger partial charge is 0.491 e. The van der Waals surface area contributed by atoms with E-state index in [0.29, 0.717) is 6.42 Å². The van der Waals surface area contributed by atoms with Gasteiger partial charge in [-0.15, -0.1) is 0 Å². The predicted molar refractivity (Wildman–Crippen MR) is 98.3 cm³/mol. The van der Waals surface area contributed by atoms with Gasteiger partial charge in [-0.25, -0.2) is 0 Å². The van der Waals surface area contributed by atoms with Crippen molar-refractivity contribution in [3.05, 3.63) is 65.2 Å². The Morgan fingerprint density at radius 2 is 1.42 bits per heavy atom. The Hall–Kier alpha value is -2.53. The second-order valence-corrected chi connectivity index (χ2v) is 6.37. The topological polar surface area (TPSA) is 26.3 Å². The Morgan fingerprint density at radius 1 is 0.917 bits per heavy atom. The van der Waals surface area contributed by atoms with Gasteiger partial charge in [-0.1, -0.05) is 30.9 Å². The van der Waals surface area contributed by atoms with Gasteiger partial charge in [-0.3, -0.25) is 0 Å². The molecule has 0 aliphatic carbocycles. The first-order valence-electron chi connectivity index (χ1n) is 8.32. The Labute approximate surface area is 144 Å². The standard InChI is InChI=1S/C22H24O2/c1-16(2)24-22-13-9-20(10-14-22)6-5-19-7-11-21(12-8-19)17(3)15-18(4)23/h7-14,16-17H,15H2,1-4H3. The summed E-state index contributed by atoms with van der Waals surface area (Å²) in [6.07, 6.45) is 0.751. The highest BCUT2D eigenvalue weighted by molar-refractivity contribution is 5.76. The summed E-state index contributed by atoms with van der Waals surface area (Å²) in [5, 5.41) is 0. The molecule has 2 aromatic carbocycles. The SMILES string of the molecule is CC(=O)CC(C)c1ccc(C#Cc2ccc(OC(C)C)cc2)cc1. The van der Waals surface area contributed by atoms with Gasteiger partial charge >= 0.3 is 0 Å². The fourth-order valence-corrected chi connectivity index (χ4v) is 2.48. The molecule has 2 heteroatoms. The molecule has 0 fully saturated rings. The van der Waals surface area contributed by atoms with Gasteiger partial charge in [0.2, 0.25) is 0 Å². The first-order valence-corrected chi connectivity index (χ1v) is 8.32. The van der Waals surface area contributed by atoms with Crippen LogP contribution in [0.1, 0.15) is 56.7 Å². The number of carbonyl (C=O) groups is 1. The molecular formula is C22H24O2. The summed E-state index contributed by atoms with van der Waals surface area (Å²) in [6.45, 7) is 7.72. The predicted octanol–water partition coefficient (Wildman–Crippen LogP) is 4.96. The summed E-state index contributed by atoms with van der Waals surface area (Å²) >= 11 is 0. The smallest absolute Gasteiger partial charge is 0.130 e. The zero-order chi connectivity index (χ0) is 17.5. The molecule has 0 radical (unpaired) electrons. The van der Waals surface area contributed by atoms with E-state index in [9.17, 15) is 4.79 Å². The normalized spacial score (nSPS) is 11.5. The van der Waals surface area contributed by atoms with Crippen molar-refractivity contribution in [2.24, 2.45) is 0 Å². The van der Waals surface area contributed by atoms with Gasteiger partial charge in [0.05, 0.1) is 6.10 Å². The van der Waals surface area contributed by atoms with Crippen LogP contribution in [0.3, 0.4) is 0 Å². The molecule has 0 N–H and O–H groups in total. The van der Waals surface area contributed by atoms with Crippen molar-refractivity contribution in [3.63, 3.8) is 0 Å². The van der Waals surface area contributed by atoms with E-state index in [1.807, 2.05) is 50.2 Å². The number of benzene rings is 2. The number of hydrogen-bond donors (Lipinski definition) is 0. The minimum Gasteiger partial charge on any atom is -0.491 e. The number of ether oxygens (including phenoxy) is 1. The summed E-state index contributed by atoms with van der Waals surface area (Å²) in [7, 11) is 0. The molecule has 2 aromatic rings. The van der Waals surface area contributed by atoms with Crippen LogP contribution in [0.5, 0.6) is 5.75 Å². The van der Waals surface area contributed by atoms with Crippen molar-refractivity contribution in [3.8, 4) is 17.6 Å². The van der Waals surface area contributed by atoms with Crippen molar-refractivity contribution < 1.29 is 9.53 Å². The van der Waals surface area contributed by atoms with E-state index >= 15 is 0 Å². The lowest BCUT2D eigenvalue weighted by atomic mass is 9.95.